The molecule has 0 aliphatic heterocycles. The second kappa shape index (κ2) is 6.23. The second-order valence-electron chi connectivity index (χ2n) is 4.85. The number of hydrogen-bond donors (Lipinski definition) is 0. The molecule has 5 heteroatoms. The highest BCUT2D eigenvalue weighted by Crippen LogP contribution is 2.23. The van der Waals surface area contributed by atoms with Gasteiger partial charge in [0.15, 0.2) is 0 Å². The van der Waals surface area contributed by atoms with Crippen molar-refractivity contribution in [1.29, 1.82) is 0 Å². The van der Waals surface area contributed by atoms with Gasteiger partial charge in [0.25, 0.3) is 5.91 Å². The van der Waals surface area contributed by atoms with Gasteiger partial charge in [-0.25, -0.2) is 0 Å². The smallest absolute Gasteiger partial charge is 0.274 e. The molecule has 0 N–H and O–H groups in total. The Labute approximate surface area is 113 Å². The first kappa shape index (κ1) is 13.4. The second-order valence-corrected chi connectivity index (χ2v) is 5.23. The molecule has 0 saturated heterocycles. The minimum absolute atomic E-state index is 0.0168. The van der Waals surface area contributed by atoms with Crippen molar-refractivity contribution in [1.82, 2.24) is 14.7 Å². The molecule has 1 aromatic rings. The molecule has 0 spiro atoms. The predicted octanol–water partition coefficient (Wildman–Crippen LogP) is 2.43. The van der Waals surface area contributed by atoms with Crippen molar-refractivity contribution in [3.05, 3.63) is 18.0 Å². The Morgan fingerprint density at radius 1 is 1.50 bits per heavy atom. The van der Waals surface area contributed by atoms with Crippen LogP contribution in [-0.2, 0) is 7.05 Å². The van der Waals surface area contributed by atoms with Crippen molar-refractivity contribution in [3.8, 4) is 0 Å². The summed E-state index contributed by atoms with van der Waals surface area (Å²) in [7, 11) is 1.82. The topological polar surface area (TPSA) is 38.1 Å². The average Bonchev–Trinajstić information content (AvgIpc) is 2.83. The summed E-state index contributed by atoms with van der Waals surface area (Å²) in [5.74, 6) is 0.498. The van der Waals surface area contributed by atoms with E-state index in [1.165, 1.54) is 19.3 Å². The van der Waals surface area contributed by atoms with E-state index in [0.29, 0.717) is 24.2 Å². The summed E-state index contributed by atoms with van der Waals surface area (Å²) in [5.41, 5.74) is 0.521. The van der Waals surface area contributed by atoms with Crippen molar-refractivity contribution in [3.63, 3.8) is 0 Å². The SMILES string of the molecule is Cn1ccc(C(=O)N(CCCl)C2CCCCC2)n1. The number of amides is 1. The van der Waals surface area contributed by atoms with Gasteiger partial charge in [-0.1, -0.05) is 19.3 Å². The van der Waals surface area contributed by atoms with Gasteiger partial charge >= 0.3 is 0 Å². The normalized spacial score (nSPS) is 16.8. The van der Waals surface area contributed by atoms with Crippen LogP contribution in [0.25, 0.3) is 0 Å². The van der Waals surface area contributed by atoms with Crippen LogP contribution in [0.3, 0.4) is 0 Å². The van der Waals surface area contributed by atoms with Gasteiger partial charge in [-0.05, 0) is 18.9 Å². The maximum atomic E-state index is 12.4. The average molecular weight is 270 g/mol. The third-order valence-electron chi connectivity index (χ3n) is 3.53. The van der Waals surface area contributed by atoms with E-state index in [9.17, 15) is 4.79 Å². The van der Waals surface area contributed by atoms with E-state index in [1.54, 1.807) is 16.9 Å². The van der Waals surface area contributed by atoms with E-state index >= 15 is 0 Å². The first-order chi connectivity index (χ1) is 8.72. The molecule has 1 fully saturated rings. The summed E-state index contributed by atoms with van der Waals surface area (Å²) < 4.78 is 1.66. The number of hydrogen-bond acceptors (Lipinski definition) is 2. The van der Waals surface area contributed by atoms with E-state index < -0.39 is 0 Å². The Morgan fingerprint density at radius 3 is 2.78 bits per heavy atom. The van der Waals surface area contributed by atoms with Crippen LogP contribution in [0, 0.1) is 0 Å². The number of aromatic nitrogens is 2. The van der Waals surface area contributed by atoms with Crippen LogP contribution in [0.15, 0.2) is 12.3 Å². The number of carbonyl (C=O) groups is 1. The molecule has 0 aromatic carbocycles. The first-order valence-electron chi connectivity index (χ1n) is 6.59. The van der Waals surface area contributed by atoms with Crippen LogP contribution in [0.5, 0.6) is 0 Å². The molecule has 0 bridgehead atoms. The summed E-state index contributed by atoms with van der Waals surface area (Å²) >= 11 is 5.83. The molecule has 1 aliphatic rings. The van der Waals surface area contributed by atoms with Crippen LogP contribution in [0.4, 0.5) is 0 Å². The molecular weight excluding hydrogens is 250 g/mol. The van der Waals surface area contributed by atoms with E-state index in [2.05, 4.69) is 5.10 Å². The number of carbonyl (C=O) groups excluding carboxylic acids is 1. The number of nitrogens with zero attached hydrogens (tertiary/aromatic N) is 3. The first-order valence-corrected chi connectivity index (χ1v) is 7.12. The van der Waals surface area contributed by atoms with Gasteiger partial charge in [-0.15, -0.1) is 11.6 Å². The highest BCUT2D eigenvalue weighted by molar-refractivity contribution is 6.18. The van der Waals surface area contributed by atoms with Crippen LogP contribution in [0.2, 0.25) is 0 Å². The fraction of sp³-hybridized carbons (Fsp3) is 0.692. The molecular formula is C13H20ClN3O. The lowest BCUT2D eigenvalue weighted by Crippen LogP contribution is -2.42. The molecule has 2 rings (SSSR count). The molecule has 1 saturated carbocycles. The lowest BCUT2D eigenvalue weighted by atomic mass is 9.94. The van der Waals surface area contributed by atoms with Gasteiger partial charge in [-0.3, -0.25) is 9.48 Å². The summed E-state index contributed by atoms with van der Waals surface area (Å²) in [6.45, 7) is 0.613. The van der Waals surface area contributed by atoms with Crippen LogP contribution < -0.4 is 0 Å². The zero-order valence-electron chi connectivity index (χ0n) is 10.8. The van der Waals surface area contributed by atoms with Crippen molar-refractivity contribution < 1.29 is 4.79 Å². The van der Waals surface area contributed by atoms with Gasteiger partial charge in [0, 0.05) is 31.7 Å². The van der Waals surface area contributed by atoms with Gasteiger partial charge in [0.2, 0.25) is 0 Å². The summed E-state index contributed by atoms with van der Waals surface area (Å²) in [4.78, 5) is 14.4. The largest absolute Gasteiger partial charge is 0.333 e. The Kier molecular flexibility index (Phi) is 4.64. The number of halogens is 1. The van der Waals surface area contributed by atoms with E-state index in [1.807, 2.05) is 11.9 Å². The molecule has 0 unspecified atom stereocenters. The van der Waals surface area contributed by atoms with Gasteiger partial charge in [0.05, 0.1) is 0 Å². The summed E-state index contributed by atoms with van der Waals surface area (Å²) in [6, 6.07) is 2.11. The molecule has 1 aliphatic carbocycles. The zero-order chi connectivity index (χ0) is 13.0. The molecule has 1 amide bonds. The van der Waals surface area contributed by atoms with Gasteiger partial charge in [-0.2, -0.15) is 5.10 Å². The summed E-state index contributed by atoms with van der Waals surface area (Å²) in [6.07, 6.45) is 7.68. The fourth-order valence-corrected chi connectivity index (χ4v) is 2.79. The van der Waals surface area contributed by atoms with Gasteiger partial charge in [0.1, 0.15) is 5.69 Å². The van der Waals surface area contributed by atoms with Crippen molar-refractivity contribution in [2.24, 2.45) is 7.05 Å². The Balaban J connectivity index is 2.10. The highest BCUT2D eigenvalue weighted by Gasteiger charge is 2.26. The molecule has 100 valence electrons. The third-order valence-corrected chi connectivity index (χ3v) is 3.70. The highest BCUT2D eigenvalue weighted by atomic mass is 35.5. The predicted molar refractivity (Wildman–Crippen MR) is 71.8 cm³/mol. The van der Waals surface area contributed by atoms with Crippen LogP contribution in [-0.4, -0.2) is 39.1 Å². The van der Waals surface area contributed by atoms with E-state index in [0.717, 1.165) is 12.8 Å². The monoisotopic (exact) mass is 269 g/mol. The number of aryl methyl sites for hydroxylation is 1. The maximum Gasteiger partial charge on any atom is 0.274 e. The quantitative estimate of drug-likeness (QED) is 0.788. The van der Waals surface area contributed by atoms with Gasteiger partial charge < -0.3 is 4.90 Å². The zero-order valence-corrected chi connectivity index (χ0v) is 11.6. The molecule has 18 heavy (non-hydrogen) atoms. The lowest BCUT2D eigenvalue weighted by molar-refractivity contribution is 0.0643. The van der Waals surface area contributed by atoms with E-state index in [4.69, 9.17) is 11.6 Å². The molecule has 0 atom stereocenters. The minimum Gasteiger partial charge on any atom is -0.333 e. The van der Waals surface area contributed by atoms with Crippen molar-refractivity contribution in [2.45, 2.75) is 38.1 Å². The van der Waals surface area contributed by atoms with Crippen LogP contribution in [0.1, 0.15) is 42.6 Å². The van der Waals surface area contributed by atoms with Crippen LogP contribution >= 0.6 is 11.6 Å². The maximum absolute atomic E-state index is 12.4. The Bertz CT molecular complexity index is 399. The Morgan fingerprint density at radius 2 is 2.22 bits per heavy atom. The third kappa shape index (κ3) is 3.05. The van der Waals surface area contributed by atoms with Crippen molar-refractivity contribution >= 4 is 17.5 Å². The molecule has 1 heterocycles. The molecule has 4 nitrogen and oxygen atoms in total. The van der Waals surface area contributed by atoms with Crippen molar-refractivity contribution in [2.75, 3.05) is 12.4 Å². The Hall–Kier alpha value is -1.03. The molecule has 1 aromatic heterocycles. The number of alkyl halides is 1. The lowest BCUT2D eigenvalue weighted by Gasteiger charge is -2.33. The summed E-state index contributed by atoms with van der Waals surface area (Å²) in [5, 5.41) is 4.19. The molecule has 0 radical (unpaired) electrons. The number of rotatable bonds is 4. The fourth-order valence-electron chi connectivity index (χ4n) is 2.61. The minimum atomic E-state index is 0.0168. The van der Waals surface area contributed by atoms with E-state index in [-0.39, 0.29) is 5.91 Å². The standard InChI is InChI=1S/C13H20ClN3O/c1-16-9-7-12(15-16)13(18)17(10-8-14)11-5-3-2-4-6-11/h7,9,11H,2-6,8,10H2,1H3.